The summed E-state index contributed by atoms with van der Waals surface area (Å²) in [5.74, 6) is -0.267. The van der Waals surface area contributed by atoms with Crippen LogP contribution in [0.25, 0.3) is 10.8 Å². The lowest BCUT2D eigenvalue weighted by Gasteiger charge is -2.10. The number of hydrogen-bond donors (Lipinski definition) is 1. The molecular weight excluding hydrogens is 338 g/mol. The number of carbonyl (C=O) groups excluding carboxylic acids is 1. The Hall–Kier alpha value is -2.61. The molecule has 3 aromatic rings. The van der Waals surface area contributed by atoms with Crippen molar-refractivity contribution < 1.29 is 4.79 Å². The molecule has 0 fully saturated rings. The number of carbonyl (C=O) groups is 1. The molecule has 7 nitrogen and oxygen atoms in total. The fourth-order valence-electron chi connectivity index (χ4n) is 2.67. The van der Waals surface area contributed by atoms with E-state index in [2.05, 4.69) is 15.4 Å². The molecule has 2 aromatic heterocycles. The average Bonchev–Trinajstić information content (AvgIpc) is 2.97. The molecule has 1 N–H and O–H groups in total. The van der Waals surface area contributed by atoms with Gasteiger partial charge in [0.1, 0.15) is 6.54 Å². The van der Waals surface area contributed by atoms with Crippen LogP contribution in [0.4, 0.5) is 0 Å². The number of fused-ring (bicyclic) bond motifs is 1. The number of aromatic nitrogens is 4. The van der Waals surface area contributed by atoms with Crippen LogP contribution >= 0.6 is 11.8 Å². The zero-order chi connectivity index (χ0) is 18.0. The fourth-order valence-corrected chi connectivity index (χ4v) is 3.22. The van der Waals surface area contributed by atoms with Gasteiger partial charge in [0, 0.05) is 12.4 Å². The van der Waals surface area contributed by atoms with Gasteiger partial charge < -0.3 is 9.88 Å². The highest BCUT2D eigenvalue weighted by atomic mass is 32.2. The van der Waals surface area contributed by atoms with E-state index in [4.69, 9.17) is 0 Å². The number of nitrogens with zero attached hydrogens (tertiary/aromatic N) is 4. The van der Waals surface area contributed by atoms with E-state index in [-0.39, 0.29) is 18.0 Å². The number of hydrogen-bond acceptors (Lipinski definition) is 5. The van der Waals surface area contributed by atoms with Gasteiger partial charge in [-0.15, -0.1) is 0 Å². The standard InChI is InChI=1S/C17H19N5O2S/c1-11-13-6-4-5-7-14(13)16(24)22(20-11)10-15(23)18-8-12-9-19-17(25-3)21(12)2/h4-7,9H,8,10H2,1-3H3,(H,18,23). The number of thioether (sulfide) groups is 1. The number of aryl methyl sites for hydroxylation is 1. The molecule has 25 heavy (non-hydrogen) atoms. The molecule has 0 bridgehead atoms. The first-order valence-electron chi connectivity index (χ1n) is 7.79. The van der Waals surface area contributed by atoms with Crippen LogP contribution in [-0.2, 0) is 24.9 Å². The molecular formula is C17H19N5O2S. The first kappa shape index (κ1) is 17.2. The second kappa shape index (κ2) is 7.10. The van der Waals surface area contributed by atoms with Crippen molar-refractivity contribution in [2.24, 2.45) is 7.05 Å². The molecule has 1 amide bonds. The summed E-state index contributed by atoms with van der Waals surface area (Å²) < 4.78 is 3.14. The third-order valence-electron chi connectivity index (χ3n) is 4.04. The van der Waals surface area contributed by atoms with Crippen LogP contribution in [0.5, 0.6) is 0 Å². The number of benzene rings is 1. The van der Waals surface area contributed by atoms with E-state index in [1.165, 1.54) is 4.68 Å². The van der Waals surface area contributed by atoms with Crippen molar-refractivity contribution in [3.63, 3.8) is 0 Å². The Morgan fingerprint density at radius 2 is 2.00 bits per heavy atom. The predicted octanol–water partition coefficient (Wildman–Crippen LogP) is 1.48. The van der Waals surface area contributed by atoms with Gasteiger partial charge in [-0.25, -0.2) is 9.67 Å². The third-order valence-corrected chi connectivity index (χ3v) is 4.78. The van der Waals surface area contributed by atoms with Crippen molar-refractivity contribution in [1.29, 1.82) is 0 Å². The molecule has 0 saturated heterocycles. The van der Waals surface area contributed by atoms with Crippen molar-refractivity contribution in [3.8, 4) is 0 Å². The van der Waals surface area contributed by atoms with Crippen LogP contribution in [0.3, 0.4) is 0 Å². The molecule has 2 heterocycles. The van der Waals surface area contributed by atoms with Crippen LogP contribution in [-0.4, -0.2) is 31.5 Å². The lowest BCUT2D eigenvalue weighted by atomic mass is 10.1. The Kier molecular flexibility index (Phi) is 4.89. The Morgan fingerprint density at radius 1 is 1.28 bits per heavy atom. The molecule has 3 rings (SSSR count). The van der Waals surface area contributed by atoms with E-state index >= 15 is 0 Å². The molecule has 8 heteroatoms. The number of nitrogens with one attached hydrogen (secondary N) is 1. The first-order valence-corrected chi connectivity index (χ1v) is 9.01. The quantitative estimate of drug-likeness (QED) is 0.700. The average molecular weight is 357 g/mol. The monoisotopic (exact) mass is 357 g/mol. The maximum atomic E-state index is 12.5. The second-order valence-electron chi connectivity index (χ2n) is 5.67. The van der Waals surface area contributed by atoms with Gasteiger partial charge in [0.15, 0.2) is 5.16 Å². The molecule has 0 aliphatic carbocycles. The third kappa shape index (κ3) is 3.43. The summed E-state index contributed by atoms with van der Waals surface area (Å²) in [6, 6.07) is 7.28. The fraction of sp³-hybridized carbons (Fsp3) is 0.294. The highest BCUT2D eigenvalue weighted by Gasteiger charge is 2.12. The topological polar surface area (TPSA) is 81.8 Å². The zero-order valence-corrected chi connectivity index (χ0v) is 15.1. The summed E-state index contributed by atoms with van der Waals surface area (Å²) in [5.41, 5.74) is 1.36. The number of amides is 1. The van der Waals surface area contributed by atoms with Gasteiger partial charge in [-0.1, -0.05) is 30.0 Å². The largest absolute Gasteiger partial charge is 0.349 e. The van der Waals surface area contributed by atoms with Crippen LogP contribution < -0.4 is 10.9 Å². The van der Waals surface area contributed by atoms with E-state index in [0.29, 0.717) is 11.9 Å². The van der Waals surface area contributed by atoms with Crippen molar-refractivity contribution in [2.45, 2.75) is 25.2 Å². The minimum Gasteiger partial charge on any atom is -0.349 e. The SMILES string of the molecule is CSc1ncc(CNC(=O)Cn2nc(C)c3ccccc3c2=O)n1C. The smallest absolute Gasteiger partial charge is 0.275 e. The predicted molar refractivity (Wildman–Crippen MR) is 97.6 cm³/mol. The first-order chi connectivity index (χ1) is 12.0. The summed E-state index contributed by atoms with van der Waals surface area (Å²) in [5, 5.41) is 9.32. The molecule has 0 saturated carbocycles. The molecule has 0 aliphatic rings. The van der Waals surface area contributed by atoms with Crippen molar-refractivity contribution in [2.75, 3.05) is 6.26 Å². The summed E-state index contributed by atoms with van der Waals surface area (Å²) in [6.45, 7) is 2.07. The molecule has 1 aromatic carbocycles. The van der Waals surface area contributed by atoms with Crippen molar-refractivity contribution in [1.82, 2.24) is 24.6 Å². The summed E-state index contributed by atoms with van der Waals surface area (Å²) in [4.78, 5) is 29.0. The van der Waals surface area contributed by atoms with Gasteiger partial charge in [0.05, 0.1) is 29.5 Å². The lowest BCUT2D eigenvalue weighted by Crippen LogP contribution is -2.34. The van der Waals surface area contributed by atoms with Crippen molar-refractivity contribution >= 4 is 28.4 Å². The normalized spacial score (nSPS) is 11.0. The summed E-state index contributed by atoms with van der Waals surface area (Å²) >= 11 is 1.54. The van der Waals surface area contributed by atoms with Gasteiger partial charge in [-0.3, -0.25) is 9.59 Å². The van der Waals surface area contributed by atoms with Gasteiger partial charge in [-0.05, 0) is 19.2 Å². The molecule has 0 spiro atoms. The highest BCUT2D eigenvalue weighted by Crippen LogP contribution is 2.13. The Morgan fingerprint density at radius 3 is 2.68 bits per heavy atom. The molecule has 130 valence electrons. The van der Waals surface area contributed by atoms with E-state index in [1.54, 1.807) is 30.1 Å². The Balaban J connectivity index is 1.75. The van der Waals surface area contributed by atoms with Gasteiger partial charge in [-0.2, -0.15) is 5.10 Å². The minimum atomic E-state index is -0.267. The van der Waals surface area contributed by atoms with E-state index in [9.17, 15) is 9.59 Å². The number of imidazole rings is 1. The molecule has 0 aliphatic heterocycles. The van der Waals surface area contributed by atoms with Gasteiger partial charge >= 0.3 is 0 Å². The molecule has 0 atom stereocenters. The molecule has 0 radical (unpaired) electrons. The van der Waals surface area contributed by atoms with Crippen LogP contribution in [0.2, 0.25) is 0 Å². The highest BCUT2D eigenvalue weighted by molar-refractivity contribution is 7.98. The maximum absolute atomic E-state index is 12.5. The summed E-state index contributed by atoms with van der Waals surface area (Å²) in [6.07, 6.45) is 3.68. The van der Waals surface area contributed by atoms with E-state index in [0.717, 1.165) is 21.9 Å². The van der Waals surface area contributed by atoms with Gasteiger partial charge in [0.2, 0.25) is 5.91 Å². The van der Waals surface area contributed by atoms with Gasteiger partial charge in [0.25, 0.3) is 5.56 Å². The van der Waals surface area contributed by atoms with Crippen molar-refractivity contribution in [3.05, 3.63) is 52.2 Å². The summed E-state index contributed by atoms with van der Waals surface area (Å²) in [7, 11) is 1.90. The number of rotatable bonds is 5. The van der Waals surface area contributed by atoms with Crippen LogP contribution in [0.15, 0.2) is 40.4 Å². The second-order valence-corrected chi connectivity index (χ2v) is 6.44. The van der Waals surface area contributed by atoms with Crippen LogP contribution in [0, 0.1) is 6.92 Å². The zero-order valence-electron chi connectivity index (χ0n) is 14.3. The Labute approximate surface area is 149 Å². The Bertz CT molecular complexity index is 992. The molecule has 0 unspecified atom stereocenters. The van der Waals surface area contributed by atoms with Crippen LogP contribution in [0.1, 0.15) is 11.4 Å². The maximum Gasteiger partial charge on any atom is 0.275 e. The van der Waals surface area contributed by atoms with E-state index < -0.39 is 0 Å². The lowest BCUT2D eigenvalue weighted by molar-refractivity contribution is -0.122. The van der Waals surface area contributed by atoms with E-state index in [1.807, 2.05) is 36.9 Å². The minimum absolute atomic E-state index is 0.113.